The fourth-order valence-corrected chi connectivity index (χ4v) is 2.98. The van der Waals surface area contributed by atoms with Crippen LogP contribution in [0.1, 0.15) is 16.2 Å². The Labute approximate surface area is 175 Å². The number of rotatable bonds is 5. The topological polar surface area (TPSA) is 95.2 Å². The third kappa shape index (κ3) is 4.33. The first-order valence-electron chi connectivity index (χ1n) is 8.42. The van der Waals surface area contributed by atoms with Gasteiger partial charge in [-0.1, -0.05) is 41.4 Å². The maximum atomic E-state index is 12.8. The molecule has 0 unspecified atom stereocenters. The van der Waals surface area contributed by atoms with Gasteiger partial charge in [-0.15, -0.1) is 0 Å². The summed E-state index contributed by atoms with van der Waals surface area (Å²) in [6, 6.07) is 11.8. The van der Waals surface area contributed by atoms with E-state index in [2.05, 4.69) is 10.3 Å². The first-order chi connectivity index (χ1) is 13.8. The number of nitrogens with zero attached hydrogens (tertiary/aromatic N) is 3. The Morgan fingerprint density at radius 2 is 1.83 bits per heavy atom. The number of halogens is 2. The van der Waals surface area contributed by atoms with Crippen molar-refractivity contribution in [1.29, 1.82) is 0 Å². The lowest BCUT2D eigenvalue weighted by atomic mass is 10.3. The van der Waals surface area contributed by atoms with Crippen molar-refractivity contribution >= 4 is 40.8 Å². The van der Waals surface area contributed by atoms with E-state index in [1.165, 1.54) is 16.8 Å². The monoisotopic (exact) mass is 434 g/mol. The summed E-state index contributed by atoms with van der Waals surface area (Å²) in [5.74, 6) is -1.58. The zero-order chi connectivity index (χ0) is 21.1. The van der Waals surface area contributed by atoms with E-state index < -0.39 is 24.0 Å². The molecule has 0 radical (unpaired) electrons. The summed E-state index contributed by atoms with van der Waals surface area (Å²) in [6.07, 6.45) is 0. The summed E-state index contributed by atoms with van der Waals surface area (Å²) in [7, 11) is 1.70. The number of esters is 1. The zero-order valence-corrected chi connectivity index (χ0v) is 17.0. The zero-order valence-electron chi connectivity index (χ0n) is 15.5. The van der Waals surface area contributed by atoms with Crippen LogP contribution in [0.5, 0.6) is 0 Å². The van der Waals surface area contributed by atoms with Gasteiger partial charge in [0.1, 0.15) is 10.8 Å². The van der Waals surface area contributed by atoms with Crippen LogP contribution in [0, 0.1) is 6.92 Å². The van der Waals surface area contributed by atoms with Gasteiger partial charge >= 0.3 is 5.97 Å². The largest absolute Gasteiger partial charge is 0.451 e. The molecule has 0 fully saturated rings. The minimum Gasteiger partial charge on any atom is -0.451 e. The molecule has 0 saturated heterocycles. The molecule has 8 nitrogen and oxygen atoms in total. The Hall–Kier alpha value is -3.10. The van der Waals surface area contributed by atoms with Crippen LogP contribution in [0.15, 0.2) is 47.3 Å². The summed E-state index contributed by atoms with van der Waals surface area (Å²) in [4.78, 5) is 40.9. The second-order valence-electron chi connectivity index (χ2n) is 6.03. The number of carbonyl (C=O) groups is 2. The molecule has 150 valence electrons. The summed E-state index contributed by atoms with van der Waals surface area (Å²) < 4.78 is 7.97. The number of aromatic nitrogens is 3. The van der Waals surface area contributed by atoms with Gasteiger partial charge in [0.15, 0.2) is 12.3 Å². The van der Waals surface area contributed by atoms with Gasteiger partial charge in [0.2, 0.25) is 0 Å². The van der Waals surface area contributed by atoms with Crippen LogP contribution in [-0.2, 0) is 16.6 Å². The molecule has 0 aliphatic carbocycles. The molecule has 0 aliphatic rings. The standard InChI is InChI=1S/C19H16Cl2N4O4/c1-11-16(18(27)25(24(11)2)12-6-4-3-5-7-12)23-15(26)10-29-19(28)17-13(20)8-9-14(21)22-17/h3-9H,10H2,1-2H3,(H,23,26). The van der Waals surface area contributed by atoms with Gasteiger partial charge in [-0.05, 0) is 31.2 Å². The van der Waals surface area contributed by atoms with E-state index in [4.69, 9.17) is 27.9 Å². The molecule has 0 atom stereocenters. The van der Waals surface area contributed by atoms with Crippen LogP contribution >= 0.6 is 23.2 Å². The van der Waals surface area contributed by atoms with E-state index in [0.29, 0.717) is 11.4 Å². The van der Waals surface area contributed by atoms with E-state index in [1.54, 1.807) is 42.9 Å². The lowest BCUT2D eigenvalue weighted by molar-refractivity contribution is -0.119. The molecule has 3 aromatic rings. The molecule has 0 saturated carbocycles. The molecule has 3 rings (SSSR count). The number of pyridine rings is 1. The first kappa shape index (κ1) is 20.6. The van der Waals surface area contributed by atoms with Crippen molar-refractivity contribution in [3.63, 3.8) is 0 Å². The first-order valence-corrected chi connectivity index (χ1v) is 9.18. The van der Waals surface area contributed by atoms with Crippen molar-refractivity contribution in [3.05, 3.63) is 74.4 Å². The van der Waals surface area contributed by atoms with Crippen molar-refractivity contribution in [2.75, 3.05) is 11.9 Å². The summed E-state index contributed by atoms with van der Waals surface area (Å²) >= 11 is 11.6. The highest BCUT2D eigenvalue weighted by atomic mass is 35.5. The molecule has 2 aromatic heterocycles. The van der Waals surface area contributed by atoms with Gasteiger partial charge in [0.25, 0.3) is 11.5 Å². The average Bonchev–Trinajstić information content (AvgIpc) is 2.92. The highest BCUT2D eigenvalue weighted by Gasteiger charge is 2.20. The van der Waals surface area contributed by atoms with Crippen LogP contribution < -0.4 is 10.9 Å². The number of anilines is 1. The van der Waals surface area contributed by atoms with Crippen molar-refractivity contribution < 1.29 is 14.3 Å². The molecule has 29 heavy (non-hydrogen) atoms. The quantitative estimate of drug-likeness (QED) is 0.491. The fourth-order valence-electron chi connectivity index (χ4n) is 2.65. The number of amides is 1. The van der Waals surface area contributed by atoms with E-state index in [1.807, 2.05) is 6.07 Å². The van der Waals surface area contributed by atoms with E-state index in [-0.39, 0.29) is 21.6 Å². The maximum Gasteiger partial charge on any atom is 0.359 e. The van der Waals surface area contributed by atoms with Crippen LogP contribution in [0.3, 0.4) is 0 Å². The predicted molar refractivity (Wildman–Crippen MR) is 109 cm³/mol. The lowest BCUT2D eigenvalue weighted by Gasteiger charge is -2.07. The Balaban J connectivity index is 1.74. The molecule has 0 bridgehead atoms. The number of hydrogen-bond donors (Lipinski definition) is 1. The Morgan fingerprint density at radius 3 is 2.52 bits per heavy atom. The Morgan fingerprint density at radius 1 is 1.14 bits per heavy atom. The maximum absolute atomic E-state index is 12.8. The lowest BCUT2D eigenvalue weighted by Crippen LogP contribution is -2.26. The molecule has 1 amide bonds. The SMILES string of the molecule is Cc1c(NC(=O)COC(=O)c2nc(Cl)ccc2Cl)c(=O)n(-c2ccccc2)n1C. The highest BCUT2D eigenvalue weighted by molar-refractivity contribution is 6.34. The van der Waals surface area contributed by atoms with Gasteiger partial charge in [-0.25, -0.2) is 14.5 Å². The third-order valence-corrected chi connectivity index (χ3v) is 4.67. The molecular weight excluding hydrogens is 419 g/mol. The minimum atomic E-state index is -0.904. The number of para-hydroxylation sites is 1. The van der Waals surface area contributed by atoms with Gasteiger partial charge in [0, 0.05) is 7.05 Å². The van der Waals surface area contributed by atoms with E-state index in [0.717, 1.165) is 0 Å². The smallest absolute Gasteiger partial charge is 0.359 e. The predicted octanol–water partition coefficient (Wildman–Crippen LogP) is 2.98. The number of nitrogens with one attached hydrogen (secondary N) is 1. The normalized spacial score (nSPS) is 10.6. The van der Waals surface area contributed by atoms with Gasteiger partial charge < -0.3 is 10.1 Å². The molecule has 0 aliphatic heterocycles. The minimum absolute atomic E-state index is 0.0458. The fraction of sp³-hybridized carbons (Fsp3) is 0.158. The molecule has 0 spiro atoms. The van der Waals surface area contributed by atoms with Crippen molar-refractivity contribution in [2.24, 2.45) is 7.05 Å². The van der Waals surface area contributed by atoms with Gasteiger partial charge in [-0.2, -0.15) is 0 Å². The van der Waals surface area contributed by atoms with Crippen molar-refractivity contribution in [2.45, 2.75) is 6.92 Å². The van der Waals surface area contributed by atoms with Crippen molar-refractivity contribution in [1.82, 2.24) is 14.3 Å². The molecule has 2 heterocycles. The van der Waals surface area contributed by atoms with Crippen LogP contribution in [0.2, 0.25) is 10.2 Å². The Kier molecular flexibility index (Phi) is 6.05. The third-order valence-electron chi connectivity index (χ3n) is 4.16. The van der Waals surface area contributed by atoms with Crippen LogP contribution in [0.4, 0.5) is 5.69 Å². The summed E-state index contributed by atoms with van der Waals surface area (Å²) in [5.41, 5.74) is 0.677. The number of hydrogen-bond acceptors (Lipinski definition) is 5. The summed E-state index contributed by atoms with van der Waals surface area (Å²) in [6.45, 7) is 1.07. The molecular formula is C19H16Cl2N4O4. The summed E-state index contributed by atoms with van der Waals surface area (Å²) in [5, 5.41) is 2.60. The highest BCUT2D eigenvalue weighted by Crippen LogP contribution is 2.18. The van der Waals surface area contributed by atoms with E-state index in [9.17, 15) is 14.4 Å². The number of benzene rings is 1. The molecule has 10 heteroatoms. The van der Waals surface area contributed by atoms with Gasteiger partial charge in [0.05, 0.1) is 16.4 Å². The van der Waals surface area contributed by atoms with Crippen molar-refractivity contribution in [3.8, 4) is 5.69 Å². The second-order valence-corrected chi connectivity index (χ2v) is 6.82. The average molecular weight is 435 g/mol. The van der Waals surface area contributed by atoms with Crippen LogP contribution in [0.25, 0.3) is 5.69 Å². The van der Waals surface area contributed by atoms with Crippen LogP contribution in [-0.4, -0.2) is 32.8 Å². The van der Waals surface area contributed by atoms with E-state index >= 15 is 0 Å². The van der Waals surface area contributed by atoms with Gasteiger partial charge in [-0.3, -0.25) is 14.3 Å². The second kappa shape index (κ2) is 8.50. The molecule has 1 N–H and O–H groups in total. The molecule has 1 aromatic carbocycles. The number of ether oxygens (including phenoxy) is 1. The Bertz CT molecular complexity index is 1140. The number of carbonyl (C=O) groups excluding carboxylic acids is 2.